The lowest BCUT2D eigenvalue weighted by Gasteiger charge is -2.47. The Morgan fingerprint density at radius 3 is 2.17 bits per heavy atom. The van der Waals surface area contributed by atoms with Crippen molar-refractivity contribution in [2.45, 2.75) is 71.0 Å². The molecule has 1 saturated heterocycles. The predicted octanol–water partition coefficient (Wildman–Crippen LogP) is 4.60. The molecule has 170 valence electrons. The Morgan fingerprint density at radius 1 is 1.10 bits per heavy atom. The number of ether oxygens (including phenoxy) is 3. The van der Waals surface area contributed by atoms with Gasteiger partial charge in [-0.05, 0) is 43.4 Å². The molecule has 2 rings (SSSR count). The van der Waals surface area contributed by atoms with E-state index in [4.69, 9.17) is 18.6 Å². The lowest BCUT2D eigenvalue weighted by atomic mass is 9.97. The minimum Gasteiger partial charge on any atom is -0.441 e. The number of carbonyl (C=O) groups excluding carboxylic acids is 2. The molecule has 2 amide bonds. The zero-order valence-corrected chi connectivity index (χ0v) is 20.5. The van der Waals surface area contributed by atoms with Gasteiger partial charge in [-0.2, -0.15) is 0 Å². The predicted molar refractivity (Wildman–Crippen MR) is 119 cm³/mol. The molecule has 9 heteroatoms. The maximum atomic E-state index is 13.0. The van der Waals surface area contributed by atoms with Gasteiger partial charge in [0.2, 0.25) is 0 Å². The lowest BCUT2D eigenvalue weighted by molar-refractivity contribution is -0.162. The van der Waals surface area contributed by atoms with Gasteiger partial charge in [0.1, 0.15) is 6.04 Å². The van der Waals surface area contributed by atoms with E-state index < -0.39 is 32.7 Å². The van der Waals surface area contributed by atoms with Gasteiger partial charge in [0.25, 0.3) is 5.91 Å². The Morgan fingerprint density at radius 2 is 1.70 bits per heavy atom. The quantitative estimate of drug-likeness (QED) is 0.318. The summed E-state index contributed by atoms with van der Waals surface area (Å²) in [6, 6.07) is 6.23. The molecule has 0 unspecified atom stereocenters. The highest BCUT2D eigenvalue weighted by Gasteiger charge is 2.56. The second kappa shape index (κ2) is 11.9. The van der Waals surface area contributed by atoms with Crippen molar-refractivity contribution < 1.29 is 28.2 Å². The van der Waals surface area contributed by atoms with Crippen molar-refractivity contribution in [3.63, 3.8) is 0 Å². The highest BCUT2D eigenvalue weighted by molar-refractivity contribution is 7.10. The van der Waals surface area contributed by atoms with E-state index in [0.717, 1.165) is 23.0 Å². The molecule has 2 atom stereocenters. The smallest absolute Gasteiger partial charge is 0.417 e. The van der Waals surface area contributed by atoms with E-state index in [0.29, 0.717) is 13.2 Å². The van der Waals surface area contributed by atoms with Gasteiger partial charge < -0.3 is 18.6 Å². The molecule has 1 aliphatic heterocycles. The molecule has 0 N–H and O–H groups in total. The van der Waals surface area contributed by atoms with E-state index in [2.05, 4.69) is 20.8 Å². The molecule has 7 nitrogen and oxygen atoms in total. The van der Waals surface area contributed by atoms with Crippen LogP contribution in [0.3, 0.4) is 0 Å². The van der Waals surface area contributed by atoms with Crippen molar-refractivity contribution in [3.8, 4) is 0 Å². The van der Waals surface area contributed by atoms with Crippen LogP contribution in [0, 0.1) is 0 Å². The van der Waals surface area contributed by atoms with Crippen LogP contribution in [0.15, 0.2) is 17.5 Å². The molecule has 2 heterocycles. The first kappa shape index (κ1) is 25.0. The molecule has 0 saturated carbocycles. The molecule has 1 aromatic heterocycles. The van der Waals surface area contributed by atoms with E-state index in [1.165, 1.54) is 16.2 Å². The van der Waals surface area contributed by atoms with Gasteiger partial charge in [-0.3, -0.25) is 4.79 Å². The topological polar surface area (TPSA) is 74.3 Å². The van der Waals surface area contributed by atoms with Gasteiger partial charge in [-0.25, -0.2) is 9.69 Å². The van der Waals surface area contributed by atoms with Crippen molar-refractivity contribution in [1.82, 2.24) is 4.90 Å². The second-order valence-electron chi connectivity index (χ2n) is 7.28. The van der Waals surface area contributed by atoms with E-state index in [9.17, 15) is 9.59 Å². The lowest BCUT2D eigenvalue weighted by Crippen LogP contribution is -2.64. The average Bonchev–Trinajstić information content (AvgIpc) is 3.28. The number of rotatable bonds is 13. The maximum absolute atomic E-state index is 13.0. The highest BCUT2D eigenvalue weighted by atomic mass is 32.1. The largest absolute Gasteiger partial charge is 0.441 e. The Labute approximate surface area is 184 Å². The van der Waals surface area contributed by atoms with Crippen molar-refractivity contribution in [1.29, 1.82) is 0 Å². The Bertz CT molecular complexity index is 650. The summed E-state index contributed by atoms with van der Waals surface area (Å²) >= 11 is 1.51. The summed E-state index contributed by atoms with van der Waals surface area (Å²) in [5.74, 6) is -0.322. The summed E-state index contributed by atoms with van der Waals surface area (Å²) in [6.07, 6.45) is -1.86. The van der Waals surface area contributed by atoms with Crippen LogP contribution in [-0.4, -0.2) is 63.9 Å². The fourth-order valence-electron chi connectivity index (χ4n) is 3.60. The summed E-state index contributed by atoms with van der Waals surface area (Å²) in [7, 11) is -2.01. The van der Waals surface area contributed by atoms with E-state index in [-0.39, 0.29) is 19.1 Å². The van der Waals surface area contributed by atoms with Crippen molar-refractivity contribution >= 4 is 31.7 Å². The molecule has 1 aliphatic rings. The number of hydrogen-bond acceptors (Lipinski definition) is 7. The van der Waals surface area contributed by atoms with Gasteiger partial charge in [-0.1, -0.05) is 26.8 Å². The molecular formula is C21H35NO6SSi. The number of nitrogens with zero attached hydrogens (tertiary/aromatic N) is 1. The number of carbonyl (C=O) groups is 2. The van der Waals surface area contributed by atoms with Crippen LogP contribution in [0.5, 0.6) is 0 Å². The van der Waals surface area contributed by atoms with Crippen molar-refractivity contribution in [3.05, 3.63) is 22.4 Å². The third-order valence-electron chi connectivity index (χ3n) is 5.67. The third kappa shape index (κ3) is 5.70. The van der Waals surface area contributed by atoms with Crippen LogP contribution in [0.25, 0.3) is 0 Å². The third-order valence-corrected chi connectivity index (χ3v) is 11.2. The van der Waals surface area contributed by atoms with E-state index >= 15 is 0 Å². The van der Waals surface area contributed by atoms with Gasteiger partial charge in [0.15, 0.2) is 20.5 Å². The average molecular weight is 458 g/mol. The van der Waals surface area contributed by atoms with Crippen molar-refractivity contribution in [2.24, 2.45) is 0 Å². The van der Waals surface area contributed by atoms with E-state index in [1.807, 2.05) is 31.4 Å². The molecule has 1 fully saturated rings. The number of β-lactam (4-membered cyclic amide) rings is 1. The maximum Gasteiger partial charge on any atom is 0.417 e. The van der Waals surface area contributed by atoms with Crippen LogP contribution >= 0.6 is 11.3 Å². The molecule has 0 bridgehead atoms. The molecule has 0 aromatic carbocycles. The summed E-state index contributed by atoms with van der Waals surface area (Å²) < 4.78 is 22.9. The van der Waals surface area contributed by atoms with Gasteiger partial charge in [-0.15, -0.1) is 11.3 Å². The van der Waals surface area contributed by atoms with Crippen LogP contribution in [0.4, 0.5) is 4.79 Å². The standard InChI is InChI=1S/C21H35NO6SSi/c1-6-25-14-16(15-26-7-2)27-21(24)22-18(17-12-11-13-29-17)19(20(22)23)28-30(8-3,9-4)10-5/h11-13,16,18-19H,6-10,14-15H2,1-5H3/t18-,19+/m1/s1. The van der Waals surface area contributed by atoms with E-state index in [1.54, 1.807) is 0 Å². The normalized spacial score (nSPS) is 19.3. The summed E-state index contributed by atoms with van der Waals surface area (Å²) in [5.41, 5.74) is 0. The molecule has 1 aromatic rings. The molecule has 30 heavy (non-hydrogen) atoms. The first-order chi connectivity index (χ1) is 14.5. The fourth-order valence-corrected chi connectivity index (χ4v) is 7.21. The minimum absolute atomic E-state index is 0.228. The van der Waals surface area contributed by atoms with Crippen molar-refractivity contribution in [2.75, 3.05) is 26.4 Å². The first-order valence-electron chi connectivity index (χ1n) is 10.9. The number of thiophene rings is 1. The van der Waals surface area contributed by atoms with Crippen LogP contribution in [-0.2, 0) is 23.4 Å². The zero-order valence-electron chi connectivity index (χ0n) is 18.7. The SMILES string of the molecule is CCOCC(COCC)OC(=O)N1C(=O)[C@@H](O[Si](CC)(CC)CC)[C@H]1c1cccs1. The number of hydrogen-bond donors (Lipinski definition) is 0. The van der Waals surface area contributed by atoms with Crippen LogP contribution < -0.4 is 0 Å². The number of imide groups is 1. The van der Waals surface area contributed by atoms with Gasteiger partial charge in [0, 0.05) is 18.1 Å². The molecule has 0 radical (unpaired) electrons. The Balaban J connectivity index is 2.17. The summed E-state index contributed by atoms with van der Waals surface area (Å²) in [6.45, 7) is 11.6. The van der Waals surface area contributed by atoms with Crippen LogP contribution in [0.1, 0.15) is 45.5 Å². The second-order valence-corrected chi connectivity index (χ2v) is 13.0. The monoisotopic (exact) mass is 457 g/mol. The minimum atomic E-state index is -2.01. The highest BCUT2D eigenvalue weighted by Crippen LogP contribution is 2.42. The van der Waals surface area contributed by atoms with Crippen LogP contribution in [0.2, 0.25) is 18.1 Å². The summed E-state index contributed by atoms with van der Waals surface area (Å²) in [5, 5.41) is 1.94. The van der Waals surface area contributed by atoms with Gasteiger partial charge >= 0.3 is 6.09 Å². The Hall–Kier alpha value is -1.26. The zero-order chi connectivity index (χ0) is 22.1. The first-order valence-corrected chi connectivity index (χ1v) is 14.3. The molecular weight excluding hydrogens is 422 g/mol. The number of likely N-dealkylation sites (tertiary alicyclic amines) is 1. The fraction of sp³-hybridized carbons (Fsp3) is 0.714. The summed E-state index contributed by atoms with van der Waals surface area (Å²) in [4.78, 5) is 28.1. The molecule has 0 aliphatic carbocycles. The molecule has 0 spiro atoms. The Kier molecular flexibility index (Phi) is 9.96. The number of amides is 2. The van der Waals surface area contributed by atoms with Gasteiger partial charge in [0.05, 0.1) is 13.2 Å².